The minimum absolute atomic E-state index is 0.0253. The van der Waals surface area contributed by atoms with Crippen LogP contribution >= 0.6 is 0 Å². The van der Waals surface area contributed by atoms with E-state index in [0.29, 0.717) is 23.2 Å². The summed E-state index contributed by atoms with van der Waals surface area (Å²) in [5, 5.41) is 8.60. The van der Waals surface area contributed by atoms with Crippen LogP contribution in [0.25, 0.3) is 0 Å². The molecule has 6 nitrogen and oxygen atoms in total. The zero-order valence-electron chi connectivity index (χ0n) is 11.7. The van der Waals surface area contributed by atoms with Crippen molar-refractivity contribution in [2.75, 3.05) is 23.8 Å². The quantitative estimate of drug-likeness (QED) is 0.759. The number of nitrogens with one attached hydrogen (secondary N) is 3. The van der Waals surface area contributed by atoms with Gasteiger partial charge in [-0.15, -0.1) is 0 Å². The number of rotatable bonds is 5. The molecule has 0 aliphatic carbocycles. The van der Waals surface area contributed by atoms with Gasteiger partial charge < -0.3 is 20.7 Å². The summed E-state index contributed by atoms with van der Waals surface area (Å²) in [6.07, 6.45) is 0.968. The van der Waals surface area contributed by atoms with Crippen molar-refractivity contribution in [2.24, 2.45) is 0 Å². The highest BCUT2D eigenvalue weighted by Crippen LogP contribution is 2.30. The Morgan fingerprint density at radius 3 is 3.05 bits per heavy atom. The largest absolute Gasteiger partial charge is 0.482 e. The number of fused-ring (bicyclic) bond motifs is 1. The maximum absolute atomic E-state index is 11.8. The van der Waals surface area contributed by atoms with Crippen molar-refractivity contribution in [3.63, 3.8) is 0 Å². The highest BCUT2D eigenvalue weighted by molar-refractivity contribution is 5.97. The van der Waals surface area contributed by atoms with Gasteiger partial charge in [-0.25, -0.2) is 0 Å². The molecular weight excluding hydrogens is 258 g/mol. The minimum atomic E-state index is -0.195. The summed E-state index contributed by atoms with van der Waals surface area (Å²) >= 11 is 0. The minimum Gasteiger partial charge on any atom is -0.482 e. The fraction of sp³-hybridized carbons (Fsp3) is 0.429. The van der Waals surface area contributed by atoms with Gasteiger partial charge in [-0.1, -0.05) is 6.92 Å². The van der Waals surface area contributed by atoms with E-state index in [1.54, 1.807) is 18.2 Å². The van der Waals surface area contributed by atoms with Crippen LogP contribution in [0.15, 0.2) is 18.2 Å². The fourth-order valence-electron chi connectivity index (χ4n) is 1.78. The topological polar surface area (TPSA) is 79.5 Å². The highest BCUT2D eigenvalue weighted by atomic mass is 16.5. The monoisotopic (exact) mass is 277 g/mol. The number of carbonyl (C=O) groups is 2. The van der Waals surface area contributed by atoms with Crippen LogP contribution in [0.4, 0.5) is 11.4 Å². The molecule has 1 aromatic rings. The predicted octanol–water partition coefficient (Wildman–Crippen LogP) is 1.34. The van der Waals surface area contributed by atoms with Crippen molar-refractivity contribution in [1.29, 1.82) is 0 Å². The first-order valence-electron chi connectivity index (χ1n) is 6.68. The van der Waals surface area contributed by atoms with Crippen molar-refractivity contribution in [1.82, 2.24) is 5.32 Å². The molecule has 0 radical (unpaired) electrons. The smallest absolute Gasteiger partial charge is 0.262 e. The van der Waals surface area contributed by atoms with E-state index in [1.807, 2.05) is 6.92 Å². The van der Waals surface area contributed by atoms with Crippen LogP contribution < -0.4 is 20.7 Å². The lowest BCUT2D eigenvalue weighted by Gasteiger charge is -2.18. The van der Waals surface area contributed by atoms with E-state index in [0.717, 1.165) is 6.42 Å². The Bertz CT molecular complexity index is 516. The lowest BCUT2D eigenvalue weighted by atomic mass is 10.2. The Balaban J connectivity index is 1.95. The molecule has 0 saturated heterocycles. The van der Waals surface area contributed by atoms with Gasteiger partial charge in [0.05, 0.1) is 12.2 Å². The average molecular weight is 277 g/mol. The standard InChI is InChI=1S/C14H19N3O3/c1-3-9(2)15-7-13(18)16-10-4-5-12-11(6-10)17-14(19)8-20-12/h4-6,9,15H,3,7-8H2,1-2H3,(H,16,18)(H,17,19). The predicted molar refractivity (Wildman–Crippen MR) is 77.0 cm³/mol. The lowest BCUT2D eigenvalue weighted by Crippen LogP contribution is -2.34. The number of amides is 2. The average Bonchev–Trinajstić information content (AvgIpc) is 2.44. The molecular formula is C14H19N3O3. The Morgan fingerprint density at radius 2 is 2.30 bits per heavy atom. The second-order valence-corrected chi connectivity index (χ2v) is 4.79. The SMILES string of the molecule is CCC(C)NCC(=O)Nc1ccc2c(c1)NC(=O)CO2. The van der Waals surface area contributed by atoms with E-state index in [4.69, 9.17) is 4.74 Å². The van der Waals surface area contributed by atoms with Crippen molar-refractivity contribution in [3.8, 4) is 5.75 Å². The van der Waals surface area contributed by atoms with Gasteiger partial charge in [0.2, 0.25) is 5.91 Å². The Kier molecular flexibility index (Phi) is 4.57. The highest BCUT2D eigenvalue weighted by Gasteiger charge is 2.16. The molecule has 2 amide bonds. The Labute approximate surface area is 117 Å². The molecule has 1 unspecified atom stereocenters. The molecule has 108 valence electrons. The third kappa shape index (κ3) is 3.71. The molecule has 2 rings (SSSR count). The van der Waals surface area contributed by atoms with E-state index in [1.165, 1.54) is 0 Å². The molecule has 0 saturated carbocycles. The van der Waals surface area contributed by atoms with Gasteiger partial charge in [-0.3, -0.25) is 9.59 Å². The van der Waals surface area contributed by atoms with Crippen molar-refractivity contribution >= 4 is 23.2 Å². The van der Waals surface area contributed by atoms with Gasteiger partial charge >= 0.3 is 0 Å². The van der Waals surface area contributed by atoms with Crippen molar-refractivity contribution in [2.45, 2.75) is 26.3 Å². The van der Waals surface area contributed by atoms with E-state index in [-0.39, 0.29) is 25.0 Å². The maximum atomic E-state index is 11.8. The second-order valence-electron chi connectivity index (χ2n) is 4.79. The van der Waals surface area contributed by atoms with Gasteiger partial charge in [0.1, 0.15) is 5.75 Å². The van der Waals surface area contributed by atoms with E-state index in [9.17, 15) is 9.59 Å². The lowest BCUT2D eigenvalue weighted by molar-refractivity contribution is -0.118. The Morgan fingerprint density at radius 1 is 1.50 bits per heavy atom. The molecule has 1 aliphatic heterocycles. The van der Waals surface area contributed by atoms with Crippen LogP contribution in [0.1, 0.15) is 20.3 Å². The molecule has 20 heavy (non-hydrogen) atoms. The zero-order chi connectivity index (χ0) is 14.5. The first kappa shape index (κ1) is 14.3. The van der Waals surface area contributed by atoms with E-state index >= 15 is 0 Å². The summed E-state index contributed by atoms with van der Waals surface area (Å²) in [5.74, 6) is 0.299. The van der Waals surface area contributed by atoms with Crippen LogP contribution in [0.5, 0.6) is 5.75 Å². The molecule has 0 fully saturated rings. The molecule has 0 spiro atoms. The van der Waals surface area contributed by atoms with Gasteiger partial charge in [-0.2, -0.15) is 0 Å². The molecule has 1 atom stereocenters. The van der Waals surface area contributed by atoms with Crippen LogP contribution in [-0.4, -0.2) is 31.0 Å². The van der Waals surface area contributed by atoms with Crippen LogP contribution in [0, 0.1) is 0 Å². The zero-order valence-corrected chi connectivity index (χ0v) is 11.7. The summed E-state index contributed by atoms with van der Waals surface area (Å²) in [6.45, 7) is 4.37. The summed E-state index contributed by atoms with van der Waals surface area (Å²) in [6, 6.07) is 5.47. The third-order valence-corrected chi connectivity index (χ3v) is 3.12. The Hall–Kier alpha value is -2.08. The second kappa shape index (κ2) is 6.38. The molecule has 6 heteroatoms. The number of hydrogen-bond donors (Lipinski definition) is 3. The summed E-state index contributed by atoms with van der Waals surface area (Å²) < 4.78 is 5.25. The number of hydrogen-bond acceptors (Lipinski definition) is 4. The molecule has 0 aromatic heterocycles. The van der Waals surface area contributed by atoms with E-state index < -0.39 is 0 Å². The molecule has 1 aromatic carbocycles. The third-order valence-electron chi connectivity index (χ3n) is 3.12. The summed E-state index contributed by atoms with van der Waals surface area (Å²) in [5.41, 5.74) is 1.21. The first-order valence-corrected chi connectivity index (χ1v) is 6.68. The summed E-state index contributed by atoms with van der Waals surface area (Å²) in [7, 11) is 0. The number of ether oxygens (including phenoxy) is 1. The maximum Gasteiger partial charge on any atom is 0.262 e. The van der Waals surface area contributed by atoms with Crippen LogP contribution in [0.2, 0.25) is 0 Å². The molecule has 1 aliphatic rings. The van der Waals surface area contributed by atoms with Gasteiger partial charge in [0.15, 0.2) is 6.61 Å². The van der Waals surface area contributed by atoms with Gasteiger partial charge in [0, 0.05) is 11.7 Å². The molecule has 1 heterocycles. The van der Waals surface area contributed by atoms with Crippen LogP contribution in [0.3, 0.4) is 0 Å². The van der Waals surface area contributed by atoms with Crippen molar-refractivity contribution < 1.29 is 14.3 Å². The van der Waals surface area contributed by atoms with Gasteiger partial charge in [0.25, 0.3) is 5.91 Å². The summed E-state index contributed by atoms with van der Waals surface area (Å²) in [4.78, 5) is 23.0. The molecule has 3 N–H and O–H groups in total. The molecule has 0 bridgehead atoms. The number of carbonyl (C=O) groups excluding carboxylic acids is 2. The van der Waals surface area contributed by atoms with Gasteiger partial charge in [-0.05, 0) is 31.5 Å². The number of benzene rings is 1. The fourth-order valence-corrected chi connectivity index (χ4v) is 1.78. The van der Waals surface area contributed by atoms with Crippen LogP contribution in [-0.2, 0) is 9.59 Å². The normalized spacial score (nSPS) is 14.8. The van der Waals surface area contributed by atoms with Crippen molar-refractivity contribution in [3.05, 3.63) is 18.2 Å². The van der Waals surface area contributed by atoms with E-state index in [2.05, 4.69) is 22.9 Å². The first-order chi connectivity index (χ1) is 9.58. The number of anilines is 2.